The standard InChI is InChI=1S/C12H19NO3S/c14-10(15)7-12(4-5-12)8-17-9-3-1-2-6-13-11(9)16/h9H,1-8H2,(H,13,16)(H,14,15). The van der Waals surface area contributed by atoms with Gasteiger partial charge in [0.25, 0.3) is 0 Å². The van der Waals surface area contributed by atoms with E-state index in [4.69, 9.17) is 5.11 Å². The van der Waals surface area contributed by atoms with Gasteiger partial charge in [-0.3, -0.25) is 9.59 Å². The maximum Gasteiger partial charge on any atom is 0.303 e. The summed E-state index contributed by atoms with van der Waals surface area (Å²) in [6.45, 7) is 0.788. The average Bonchev–Trinajstić information content (AvgIpc) is 3.02. The largest absolute Gasteiger partial charge is 0.481 e. The molecule has 1 heterocycles. The first kappa shape index (κ1) is 12.7. The highest BCUT2D eigenvalue weighted by Crippen LogP contribution is 2.51. The Morgan fingerprint density at radius 1 is 1.47 bits per heavy atom. The summed E-state index contributed by atoms with van der Waals surface area (Å²) in [7, 11) is 0. The van der Waals surface area contributed by atoms with Gasteiger partial charge < -0.3 is 10.4 Å². The molecule has 1 atom stereocenters. The predicted molar refractivity (Wildman–Crippen MR) is 67.0 cm³/mol. The first-order valence-corrected chi connectivity index (χ1v) is 7.27. The lowest BCUT2D eigenvalue weighted by Crippen LogP contribution is -2.31. The molecule has 1 aliphatic heterocycles. The third kappa shape index (κ3) is 3.63. The zero-order valence-electron chi connectivity index (χ0n) is 9.91. The molecule has 17 heavy (non-hydrogen) atoms. The van der Waals surface area contributed by atoms with Crippen LogP contribution in [0.1, 0.15) is 38.5 Å². The number of carbonyl (C=O) groups excluding carboxylic acids is 1. The van der Waals surface area contributed by atoms with E-state index in [0.29, 0.717) is 0 Å². The van der Waals surface area contributed by atoms with Crippen LogP contribution in [0.15, 0.2) is 0 Å². The molecule has 4 nitrogen and oxygen atoms in total. The van der Waals surface area contributed by atoms with Crippen LogP contribution in [-0.4, -0.2) is 34.5 Å². The Labute approximate surface area is 106 Å². The Morgan fingerprint density at radius 3 is 2.88 bits per heavy atom. The highest BCUT2D eigenvalue weighted by atomic mass is 32.2. The second kappa shape index (κ2) is 5.29. The lowest BCUT2D eigenvalue weighted by molar-refractivity contribution is -0.138. The lowest BCUT2D eigenvalue weighted by atomic mass is 10.1. The molecule has 1 unspecified atom stereocenters. The van der Waals surface area contributed by atoms with Gasteiger partial charge in [-0.05, 0) is 31.1 Å². The number of amides is 1. The van der Waals surface area contributed by atoms with Gasteiger partial charge in [0.2, 0.25) is 5.91 Å². The smallest absolute Gasteiger partial charge is 0.303 e. The molecule has 2 aliphatic rings. The minimum atomic E-state index is -0.714. The summed E-state index contributed by atoms with van der Waals surface area (Å²) in [5.74, 6) is 0.240. The summed E-state index contributed by atoms with van der Waals surface area (Å²) in [4.78, 5) is 22.5. The van der Waals surface area contributed by atoms with Crippen molar-refractivity contribution >= 4 is 23.6 Å². The van der Waals surface area contributed by atoms with Crippen LogP contribution in [0.2, 0.25) is 0 Å². The van der Waals surface area contributed by atoms with Crippen LogP contribution in [0, 0.1) is 5.41 Å². The minimum Gasteiger partial charge on any atom is -0.481 e. The molecule has 2 rings (SSSR count). The molecule has 5 heteroatoms. The third-order valence-electron chi connectivity index (χ3n) is 3.56. The van der Waals surface area contributed by atoms with Gasteiger partial charge in [-0.1, -0.05) is 6.42 Å². The van der Waals surface area contributed by atoms with Crippen molar-refractivity contribution in [1.82, 2.24) is 5.32 Å². The van der Waals surface area contributed by atoms with E-state index in [1.165, 1.54) is 0 Å². The molecule has 0 bridgehead atoms. The van der Waals surface area contributed by atoms with Crippen LogP contribution < -0.4 is 5.32 Å². The fourth-order valence-corrected chi connectivity index (χ4v) is 3.73. The topological polar surface area (TPSA) is 66.4 Å². The summed E-state index contributed by atoms with van der Waals surface area (Å²) < 4.78 is 0. The van der Waals surface area contributed by atoms with Crippen LogP contribution in [-0.2, 0) is 9.59 Å². The number of nitrogens with one attached hydrogen (secondary N) is 1. The highest BCUT2D eigenvalue weighted by Gasteiger charge is 2.45. The van der Waals surface area contributed by atoms with E-state index in [9.17, 15) is 9.59 Å². The summed E-state index contributed by atoms with van der Waals surface area (Å²) in [5.41, 5.74) is -0.0108. The van der Waals surface area contributed by atoms with Crippen molar-refractivity contribution in [3.63, 3.8) is 0 Å². The van der Waals surface area contributed by atoms with Gasteiger partial charge in [-0.25, -0.2) is 0 Å². The SMILES string of the molecule is O=C(O)CC1(CSC2CCCCNC2=O)CC1. The van der Waals surface area contributed by atoms with E-state index in [-0.39, 0.29) is 23.0 Å². The summed E-state index contributed by atoms with van der Waals surface area (Å²) >= 11 is 1.65. The van der Waals surface area contributed by atoms with Gasteiger partial charge in [0.05, 0.1) is 11.7 Å². The number of carbonyl (C=O) groups is 2. The third-order valence-corrected chi connectivity index (χ3v) is 5.19. The van der Waals surface area contributed by atoms with Crippen molar-refractivity contribution in [2.75, 3.05) is 12.3 Å². The maximum absolute atomic E-state index is 11.7. The van der Waals surface area contributed by atoms with Gasteiger partial charge >= 0.3 is 5.97 Å². The van der Waals surface area contributed by atoms with Crippen molar-refractivity contribution in [2.24, 2.45) is 5.41 Å². The molecule has 0 aromatic rings. The molecule has 2 fully saturated rings. The van der Waals surface area contributed by atoms with Gasteiger partial charge in [0, 0.05) is 12.3 Å². The monoisotopic (exact) mass is 257 g/mol. The molecule has 0 spiro atoms. The quantitative estimate of drug-likeness (QED) is 0.786. The molecular weight excluding hydrogens is 238 g/mol. The van der Waals surface area contributed by atoms with E-state index >= 15 is 0 Å². The van der Waals surface area contributed by atoms with Crippen LogP contribution in [0.3, 0.4) is 0 Å². The molecule has 1 aliphatic carbocycles. The van der Waals surface area contributed by atoms with E-state index in [0.717, 1.165) is 44.4 Å². The first-order chi connectivity index (χ1) is 8.11. The van der Waals surface area contributed by atoms with Crippen LogP contribution in [0.25, 0.3) is 0 Å². The van der Waals surface area contributed by atoms with Crippen molar-refractivity contribution in [2.45, 2.75) is 43.8 Å². The molecule has 1 amide bonds. The number of hydrogen-bond acceptors (Lipinski definition) is 3. The number of aliphatic carboxylic acids is 1. The second-order valence-corrected chi connectivity index (χ2v) is 6.35. The Balaban J connectivity index is 1.80. The van der Waals surface area contributed by atoms with Crippen LogP contribution >= 0.6 is 11.8 Å². The highest BCUT2D eigenvalue weighted by molar-refractivity contribution is 8.00. The van der Waals surface area contributed by atoms with E-state index in [1.54, 1.807) is 11.8 Å². The van der Waals surface area contributed by atoms with Gasteiger partial charge in [0.15, 0.2) is 0 Å². The number of hydrogen-bond donors (Lipinski definition) is 2. The number of rotatable bonds is 5. The zero-order valence-corrected chi connectivity index (χ0v) is 10.7. The summed E-state index contributed by atoms with van der Waals surface area (Å²) in [6, 6.07) is 0. The number of carboxylic acid groups (broad SMARTS) is 1. The molecule has 96 valence electrons. The maximum atomic E-state index is 11.7. The normalized spacial score (nSPS) is 27.1. The second-order valence-electron chi connectivity index (χ2n) is 5.16. The molecule has 0 aromatic heterocycles. The van der Waals surface area contributed by atoms with Crippen molar-refractivity contribution in [1.29, 1.82) is 0 Å². The molecule has 0 radical (unpaired) electrons. The summed E-state index contributed by atoms with van der Waals surface area (Å²) in [6.07, 6.45) is 5.33. The summed E-state index contributed by atoms with van der Waals surface area (Å²) in [5, 5.41) is 11.8. The first-order valence-electron chi connectivity index (χ1n) is 6.22. The Kier molecular flexibility index (Phi) is 3.97. The molecule has 2 N–H and O–H groups in total. The van der Waals surface area contributed by atoms with Crippen molar-refractivity contribution < 1.29 is 14.7 Å². The lowest BCUT2D eigenvalue weighted by Gasteiger charge is -2.17. The number of carboxylic acids is 1. The Morgan fingerprint density at radius 2 is 2.24 bits per heavy atom. The average molecular weight is 257 g/mol. The van der Waals surface area contributed by atoms with Crippen molar-refractivity contribution in [3.8, 4) is 0 Å². The van der Waals surface area contributed by atoms with E-state index < -0.39 is 5.97 Å². The van der Waals surface area contributed by atoms with E-state index in [1.807, 2.05) is 0 Å². The fraction of sp³-hybridized carbons (Fsp3) is 0.833. The fourth-order valence-electron chi connectivity index (χ4n) is 2.22. The zero-order chi connectivity index (χ0) is 12.3. The predicted octanol–water partition coefficient (Wildman–Crippen LogP) is 1.64. The Bertz CT molecular complexity index is 315. The molecule has 0 aromatic carbocycles. The number of thioether (sulfide) groups is 1. The van der Waals surface area contributed by atoms with Gasteiger partial charge in [0.1, 0.15) is 0 Å². The molecule has 1 saturated heterocycles. The van der Waals surface area contributed by atoms with Crippen molar-refractivity contribution in [3.05, 3.63) is 0 Å². The van der Waals surface area contributed by atoms with Gasteiger partial charge in [-0.2, -0.15) is 0 Å². The van der Waals surface area contributed by atoms with Crippen LogP contribution in [0.5, 0.6) is 0 Å². The van der Waals surface area contributed by atoms with Crippen LogP contribution in [0.4, 0.5) is 0 Å². The molecular formula is C12H19NO3S. The van der Waals surface area contributed by atoms with Gasteiger partial charge in [-0.15, -0.1) is 11.8 Å². The Hall–Kier alpha value is -0.710. The van der Waals surface area contributed by atoms with E-state index in [2.05, 4.69) is 5.32 Å². The minimum absolute atomic E-state index is 0.0108. The molecule has 1 saturated carbocycles.